The molecule has 0 aliphatic carbocycles. The van der Waals surface area contributed by atoms with E-state index in [-0.39, 0.29) is 5.91 Å². The molecule has 2 N–H and O–H groups in total. The van der Waals surface area contributed by atoms with E-state index in [0.717, 1.165) is 0 Å². The second kappa shape index (κ2) is 5.57. The van der Waals surface area contributed by atoms with Gasteiger partial charge < -0.3 is 5.21 Å². The number of carbonyl (C=O) groups is 1. The van der Waals surface area contributed by atoms with Crippen LogP contribution in [0.1, 0.15) is 23.0 Å². The average molecular weight is 279 g/mol. The fourth-order valence-electron chi connectivity index (χ4n) is 1.32. The number of hydrogen-bond acceptors (Lipinski definition) is 5. The predicted octanol–water partition coefficient (Wildman–Crippen LogP) is 2.73. The van der Waals surface area contributed by atoms with Crippen LogP contribution < -0.4 is 5.32 Å². The van der Waals surface area contributed by atoms with Gasteiger partial charge in [-0.2, -0.15) is 0 Å². The molecule has 0 spiro atoms. The first-order valence-corrected chi connectivity index (χ1v) is 6.19. The van der Waals surface area contributed by atoms with Crippen molar-refractivity contribution in [3.63, 3.8) is 0 Å². The van der Waals surface area contributed by atoms with Crippen LogP contribution in [0.25, 0.3) is 0 Å². The molecule has 0 fully saturated rings. The Morgan fingerprint density at radius 1 is 1.42 bits per heavy atom. The van der Waals surface area contributed by atoms with E-state index in [0.29, 0.717) is 22.1 Å². The Morgan fingerprint density at radius 3 is 2.74 bits per heavy atom. The fourth-order valence-corrected chi connectivity index (χ4v) is 2.07. The zero-order chi connectivity index (χ0) is 13.8. The molecular formula is C12H10FN3O2S. The molecule has 0 unspecified atom stereocenters. The number of aromatic nitrogens is 1. The van der Waals surface area contributed by atoms with Crippen LogP contribution in [-0.2, 0) is 0 Å². The van der Waals surface area contributed by atoms with E-state index >= 15 is 0 Å². The quantitative estimate of drug-likeness (QED) is 0.515. The molecule has 0 bridgehead atoms. The van der Waals surface area contributed by atoms with Gasteiger partial charge in [-0.3, -0.25) is 10.1 Å². The first kappa shape index (κ1) is 13.2. The second-order valence-electron chi connectivity index (χ2n) is 3.68. The van der Waals surface area contributed by atoms with Crippen molar-refractivity contribution in [2.75, 3.05) is 5.32 Å². The van der Waals surface area contributed by atoms with E-state index in [1.54, 1.807) is 12.3 Å². The van der Waals surface area contributed by atoms with Gasteiger partial charge in [0.2, 0.25) is 0 Å². The Kier molecular flexibility index (Phi) is 3.86. The molecule has 5 nitrogen and oxygen atoms in total. The standard InChI is InChI=1S/C12H10FN3O2S/c1-7(16-18)10-6-19-12(14-10)15-11(17)8-2-4-9(13)5-3-8/h2-6,18H,1H3,(H,14,15,17). The summed E-state index contributed by atoms with van der Waals surface area (Å²) in [6.45, 7) is 1.60. The summed E-state index contributed by atoms with van der Waals surface area (Å²) >= 11 is 1.21. The van der Waals surface area contributed by atoms with Gasteiger partial charge >= 0.3 is 0 Å². The van der Waals surface area contributed by atoms with Gasteiger partial charge in [0.25, 0.3) is 5.91 Å². The maximum Gasteiger partial charge on any atom is 0.257 e. The molecule has 2 rings (SSSR count). The number of oxime groups is 1. The first-order valence-electron chi connectivity index (χ1n) is 5.31. The maximum absolute atomic E-state index is 12.7. The number of nitrogens with one attached hydrogen (secondary N) is 1. The van der Waals surface area contributed by atoms with Gasteiger partial charge in [0.15, 0.2) is 5.13 Å². The first-order chi connectivity index (χ1) is 9.10. The van der Waals surface area contributed by atoms with Crippen LogP contribution in [0.3, 0.4) is 0 Å². The van der Waals surface area contributed by atoms with Crippen molar-refractivity contribution in [3.8, 4) is 0 Å². The van der Waals surface area contributed by atoms with Crippen LogP contribution in [-0.4, -0.2) is 21.8 Å². The summed E-state index contributed by atoms with van der Waals surface area (Å²) < 4.78 is 12.7. The molecule has 1 amide bonds. The van der Waals surface area contributed by atoms with Crippen LogP contribution in [0, 0.1) is 5.82 Å². The molecule has 7 heteroatoms. The normalized spacial score (nSPS) is 11.4. The summed E-state index contributed by atoms with van der Waals surface area (Å²) in [4.78, 5) is 15.9. The molecule has 0 saturated heterocycles. The van der Waals surface area contributed by atoms with Crippen molar-refractivity contribution in [1.82, 2.24) is 4.98 Å². The van der Waals surface area contributed by atoms with E-state index in [9.17, 15) is 9.18 Å². The van der Waals surface area contributed by atoms with Crippen LogP contribution in [0.4, 0.5) is 9.52 Å². The monoisotopic (exact) mass is 279 g/mol. The van der Waals surface area contributed by atoms with Gasteiger partial charge in [-0.1, -0.05) is 5.16 Å². The summed E-state index contributed by atoms with van der Waals surface area (Å²) in [5, 5.41) is 16.3. The van der Waals surface area contributed by atoms with E-state index in [1.165, 1.54) is 35.6 Å². The highest BCUT2D eigenvalue weighted by molar-refractivity contribution is 7.14. The lowest BCUT2D eigenvalue weighted by Crippen LogP contribution is -2.11. The summed E-state index contributed by atoms with van der Waals surface area (Å²) in [5.41, 5.74) is 1.19. The Labute approximate surface area is 112 Å². The molecular weight excluding hydrogens is 269 g/mol. The molecule has 1 aromatic carbocycles. The van der Waals surface area contributed by atoms with Crippen molar-refractivity contribution in [3.05, 3.63) is 46.7 Å². The molecule has 0 aliphatic rings. The highest BCUT2D eigenvalue weighted by atomic mass is 32.1. The second-order valence-corrected chi connectivity index (χ2v) is 4.54. The van der Waals surface area contributed by atoms with Gasteiger partial charge in [0, 0.05) is 10.9 Å². The molecule has 19 heavy (non-hydrogen) atoms. The Balaban J connectivity index is 2.11. The number of rotatable bonds is 3. The summed E-state index contributed by atoms with van der Waals surface area (Å²) in [6, 6.07) is 5.20. The summed E-state index contributed by atoms with van der Waals surface area (Å²) in [7, 11) is 0. The van der Waals surface area contributed by atoms with Crippen LogP contribution in [0.15, 0.2) is 34.8 Å². The van der Waals surface area contributed by atoms with E-state index in [2.05, 4.69) is 15.5 Å². The van der Waals surface area contributed by atoms with Gasteiger partial charge in [-0.05, 0) is 31.2 Å². The van der Waals surface area contributed by atoms with Gasteiger partial charge in [-0.15, -0.1) is 11.3 Å². The molecule has 2 aromatic rings. The number of nitrogens with zero attached hydrogens (tertiary/aromatic N) is 2. The SMILES string of the molecule is CC(=NO)c1csc(NC(=O)c2ccc(F)cc2)n1. The smallest absolute Gasteiger partial charge is 0.257 e. The van der Waals surface area contributed by atoms with Crippen LogP contribution >= 0.6 is 11.3 Å². The number of thiazole rings is 1. The van der Waals surface area contributed by atoms with Crippen LogP contribution in [0.5, 0.6) is 0 Å². The topological polar surface area (TPSA) is 74.6 Å². The third-order valence-corrected chi connectivity index (χ3v) is 3.11. The molecule has 1 heterocycles. The lowest BCUT2D eigenvalue weighted by Gasteiger charge is -2.01. The Morgan fingerprint density at radius 2 is 2.11 bits per heavy atom. The minimum atomic E-state index is -0.400. The van der Waals surface area contributed by atoms with Gasteiger partial charge in [0.05, 0.1) is 0 Å². The lowest BCUT2D eigenvalue weighted by atomic mass is 10.2. The third kappa shape index (κ3) is 3.14. The zero-order valence-electron chi connectivity index (χ0n) is 9.92. The molecule has 0 saturated carbocycles. The Hall–Kier alpha value is -2.28. The van der Waals surface area contributed by atoms with E-state index < -0.39 is 5.82 Å². The van der Waals surface area contributed by atoms with E-state index in [1.807, 2.05) is 0 Å². The average Bonchev–Trinajstić information content (AvgIpc) is 2.87. The van der Waals surface area contributed by atoms with Crippen LogP contribution in [0.2, 0.25) is 0 Å². The number of amides is 1. The number of benzene rings is 1. The number of halogens is 1. The highest BCUT2D eigenvalue weighted by Gasteiger charge is 2.10. The maximum atomic E-state index is 12.7. The Bertz CT molecular complexity index is 622. The molecule has 1 aromatic heterocycles. The third-order valence-electron chi connectivity index (χ3n) is 2.35. The minimum absolute atomic E-state index is 0.339. The minimum Gasteiger partial charge on any atom is -0.411 e. The predicted molar refractivity (Wildman–Crippen MR) is 70.5 cm³/mol. The van der Waals surface area contributed by atoms with Crippen molar-refractivity contribution in [2.24, 2.45) is 5.16 Å². The molecule has 0 atom stereocenters. The molecule has 98 valence electrons. The number of hydrogen-bond donors (Lipinski definition) is 2. The van der Waals surface area contributed by atoms with E-state index in [4.69, 9.17) is 5.21 Å². The largest absolute Gasteiger partial charge is 0.411 e. The van der Waals surface area contributed by atoms with Gasteiger partial charge in [-0.25, -0.2) is 9.37 Å². The van der Waals surface area contributed by atoms with Gasteiger partial charge in [0.1, 0.15) is 17.2 Å². The molecule has 0 aliphatic heterocycles. The van der Waals surface area contributed by atoms with Crippen molar-refractivity contribution >= 4 is 28.1 Å². The zero-order valence-corrected chi connectivity index (χ0v) is 10.7. The highest BCUT2D eigenvalue weighted by Crippen LogP contribution is 2.17. The summed E-state index contributed by atoms with van der Waals surface area (Å²) in [6.07, 6.45) is 0. The number of carbonyl (C=O) groups excluding carboxylic acids is 1. The number of anilines is 1. The fraction of sp³-hybridized carbons (Fsp3) is 0.0833. The molecule has 0 radical (unpaired) electrons. The van der Waals surface area contributed by atoms with Crippen molar-refractivity contribution in [2.45, 2.75) is 6.92 Å². The van der Waals surface area contributed by atoms with Crippen molar-refractivity contribution in [1.29, 1.82) is 0 Å². The summed E-state index contributed by atoms with van der Waals surface area (Å²) in [5.74, 6) is -0.776. The lowest BCUT2D eigenvalue weighted by molar-refractivity contribution is 0.102. The van der Waals surface area contributed by atoms with Crippen molar-refractivity contribution < 1.29 is 14.4 Å².